The van der Waals surface area contributed by atoms with Crippen molar-refractivity contribution < 1.29 is 0 Å². The normalized spacial score (nSPS) is 23.6. The summed E-state index contributed by atoms with van der Waals surface area (Å²) < 4.78 is 0. The Morgan fingerprint density at radius 2 is 2.00 bits per heavy atom. The number of rotatable bonds is 6. The van der Waals surface area contributed by atoms with E-state index >= 15 is 0 Å². The van der Waals surface area contributed by atoms with Crippen LogP contribution in [-0.2, 0) is 13.1 Å². The largest absolute Gasteiger partial charge is 0.313 e. The molecule has 0 spiro atoms. The molecule has 3 nitrogen and oxygen atoms in total. The van der Waals surface area contributed by atoms with E-state index in [1.807, 2.05) is 0 Å². The molecule has 0 bridgehead atoms. The quantitative estimate of drug-likeness (QED) is 0.858. The van der Waals surface area contributed by atoms with Gasteiger partial charge in [0.15, 0.2) is 0 Å². The van der Waals surface area contributed by atoms with Crippen LogP contribution in [0.15, 0.2) is 24.3 Å². The number of likely N-dealkylation sites (N-methyl/N-ethyl adjacent to an activating group) is 1. The second-order valence-corrected chi connectivity index (χ2v) is 6.30. The van der Waals surface area contributed by atoms with Crippen molar-refractivity contribution in [3.8, 4) is 0 Å². The average Bonchev–Trinajstić information content (AvgIpc) is 2.78. The molecule has 0 aliphatic carbocycles. The first-order valence-electron chi connectivity index (χ1n) is 7.77. The van der Waals surface area contributed by atoms with Crippen LogP contribution in [0.4, 0.5) is 0 Å². The Hall–Kier alpha value is -0.900. The highest BCUT2D eigenvalue weighted by atomic mass is 15.2. The van der Waals surface area contributed by atoms with E-state index in [0.29, 0.717) is 6.04 Å². The van der Waals surface area contributed by atoms with Crippen molar-refractivity contribution in [1.82, 2.24) is 15.1 Å². The zero-order valence-electron chi connectivity index (χ0n) is 13.4. The van der Waals surface area contributed by atoms with Gasteiger partial charge in [-0.25, -0.2) is 0 Å². The highest BCUT2D eigenvalue weighted by molar-refractivity contribution is 5.23. The lowest BCUT2D eigenvalue weighted by molar-refractivity contribution is 0.250. The number of hydrogen-bond donors (Lipinski definition) is 1. The highest BCUT2D eigenvalue weighted by Gasteiger charge is 2.30. The molecular formula is C17H29N3. The van der Waals surface area contributed by atoms with Gasteiger partial charge in [0.2, 0.25) is 0 Å². The van der Waals surface area contributed by atoms with Crippen LogP contribution in [0.1, 0.15) is 25.0 Å². The van der Waals surface area contributed by atoms with E-state index in [9.17, 15) is 0 Å². The van der Waals surface area contributed by atoms with Crippen LogP contribution in [0, 0.1) is 5.92 Å². The lowest BCUT2D eigenvalue weighted by Gasteiger charge is -2.22. The predicted molar refractivity (Wildman–Crippen MR) is 85.7 cm³/mol. The molecule has 1 heterocycles. The summed E-state index contributed by atoms with van der Waals surface area (Å²) in [5.41, 5.74) is 2.83. The molecular weight excluding hydrogens is 246 g/mol. The van der Waals surface area contributed by atoms with E-state index in [-0.39, 0.29) is 0 Å². The van der Waals surface area contributed by atoms with E-state index in [1.165, 1.54) is 24.2 Å². The Morgan fingerprint density at radius 1 is 1.25 bits per heavy atom. The summed E-state index contributed by atoms with van der Waals surface area (Å²) in [5, 5.41) is 3.39. The van der Waals surface area contributed by atoms with Gasteiger partial charge in [0.1, 0.15) is 0 Å². The molecule has 2 unspecified atom stereocenters. The maximum atomic E-state index is 3.39. The molecule has 2 rings (SSSR count). The zero-order chi connectivity index (χ0) is 14.5. The van der Waals surface area contributed by atoms with Crippen LogP contribution in [-0.4, -0.2) is 49.6 Å². The minimum Gasteiger partial charge on any atom is -0.313 e. The molecule has 1 fully saturated rings. The fourth-order valence-electron chi connectivity index (χ4n) is 3.21. The van der Waals surface area contributed by atoms with Crippen molar-refractivity contribution in [2.45, 2.75) is 33.0 Å². The van der Waals surface area contributed by atoms with Gasteiger partial charge < -0.3 is 10.2 Å². The van der Waals surface area contributed by atoms with Gasteiger partial charge in [-0.15, -0.1) is 0 Å². The van der Waals surface area contributed by atoms with Crippen LogP contribution < -0.4 is 5.32 Å². The standard InChI is InChI=1S/C17H29N3/c1-5-18-10-15-7-6-8-16(9-15)12-20-11-14(2)17(13-20)19(3)4/h6-9,14,17-18H,5,10-13H2,1-4H3. The molecule has 1 aromatic carbocycles. The van der Waals surface area contributed by atoms with Crippen molar-refractivity contribution in [1.29, 1.82) is 0 Å². The molecule has 1 aromatic rings. The van der Waals surface area contributed by atoms with E-state index in [1.54, 1.807) is 0 Å². The van der Waals surface area contributed by atoms with Gasteiger partial charge in [-0.2, -0.15) is 0 Å². The van der Waals surface area contributed by atoms with Gasteiger partial charge in [-0.05, 0) is 37.7 Å². The Morgan fingerprint density at radius 3 is 2.65 bits per heavy atom. The van der Waals surface area contributed by atoms with E-state index in [0.717, 1.165) is 25.6 Å². The summed E-state index contributed by atoms with van der Waals surface area (Å²) in [6, 6.07) is 9.69. The maximum Gasteiger partial charge on any atom is 0.0254 e. The van der Waals surface area contributed by atoms with Gasteiger partial charge in [0, 0.05) is 32.2 Å². The molecule has 112 valence electrons. The van der Waals surface area contributed by atoms with Crippen LogP contribution >= 0.6 is 0 Å². The molecule has 1 saturated heterocycles. The van der Waals surface area contributed by atoms with Gasteiger partial charge in [0.05, 0.1) is 0 Å². The average molecular weight is 275 g/mol. The third-order valence-electron chi connectivity index (χ3n) is 4.29. The van der Waals surface area contributed by atoms with Gasteiger partial charge in [-0.1, -0.05) is 38.1 Å². The van der Waals surface area contributed by atoms with Crippen molar-refractivity contribution >= 4 is 0 Å². The molecule has 3 heteroatoms. The first-order valence-corrected chi connectivity index (χ1v) is 7.77. The predicted octanol–water partition coefficient (Wildman–Crippen LogP) is 2.18. The summed E-state index contributed by atoms with van der Waals surface area (Å²) in [5.74, 6) is 0.759. The second-order valence-electron chi connectivity index (χ2n) is 6.30. The summed E-state index contributed by atoms with van der Waals surface area (Å²) >= 11 is 0. The van der Waals surface area contributed by atoms with Gasteiger partial charge in [0.25, 0.3) is 0 Å². The summed E-state index contributed by atoms with van der Waals surface area (Å²) in [6.07, 6.45) is 0. The van der Waals surface area contributed by atoms with Crippen LogP contribution in [0.5, 0.6) is 0 Å². The van der Waals surface area contributed by atoms with Gasteiger partial charge in [-0.3, -0.25) is 4.90 Å². The molecule has 0 saturated carbocycles. The number of likely N-dealkylation sites (tertiary alicyclic amines) is 1. The van der Waals surface area contributed by atoms with Crippen molar-refractivity contribution in [2.75, 3.05) is 33.7 Å². The molecule has 0 aromatic heterocycles. The van der Waals surface area contributed by atoms with Crippen molar-refractivity contribution in [3.63, 3.8) is 0 Å². The maximum absolute atomic E-state index is 3.39. The first-order chi connectivity index (χ1) is 9.60. The van der Waals surface area contributed by atoms with E-state index in [2.05, 4.69) is 67.3 Å². The minimum atomic E-state index is 0.694. The molecule has 1 N–H and O–H groups in total. The number of hydrogen-bond acceptors (Lipinski definition) is 3. The van der Waals surface area contributed by atoms with Crippen LogP contribution in [0.3, 0.4) is 0 Å². The third-order valence-corrected chi connectivity index (χ3v) is 4.29. The lowest BCUT2D eigenvalue weighted by Crippen LogP contribution is -2.34. The molecule has 0 amide bonds. The SMILES string of the molecule is CCNCc1cccc(CN2CC(C)C(N(C)C)C2)c1. The second kappa shape index (κ2) is 7.21. The summed E-state index contributed by atoms with van der Waals surface area (Å²) in [6.45, 7) is 9.99. The van der Waals surface area contributed by atoms with Crippen molar-refractivity contribution in [3.05, 3.63) is 35.4 Å². The fourth-order valence-corrected chi connectivity index (χ4v) is 3.21. The number of nitrogens with one attached hydrogen (secondary N) is 1. The smallest absolute Gasteiger partial charge is 0.0254 e. The molecule has 20 heavy (non-hydrogen) atoms. The Kier molecular flexibility index (Phi) is 5.58. The number of benzene rings is 1. The Balaban J connectivity index is 1.93. The first kappa shape index (κ1) is 15.5. The van der Waals surface area contributed by atoms with Crippen LogP contribution in [0.25, 0.3) is 0 Å². The molecule has 1 aliphatic heterocycles. The summed E-state index contributed by atoms with van der Waals surface area (Å²) in [4.78, 5) is 4.95. The lowest BCUT2D eigenvalue weighted by atomic mass is 10.1. The summed E-state index contributed by atoms with van der Waals surface area (Å²) in [7, 11) is 4.39. The minimum absolute atomic E-state index is 0.694. The topological polar surface area (TPSA) is 18.5 Å². The Bertz CT molecular complexity index is 416. The fraction of sp³-hybridized carbons (Fsp3) is 0.647. The van der Waals surface area contributed by atoms with Crippen molar-refractivity contribution in [2.24, 2.45) is 5.92 Å². The van der Waals surface area contributed by atoms with E-state index in [4.69, 9.17) is 0 Å². The number of nitrogens with zero attached hydrogens (tertiary/aromatic N) is 2. The molecule has 0 radical (unpaired) electrons. The highest BCUT2D eigenvalue weighted by Crippen LogP contribution is 2.22. The Labute approximate surface area is 124 Å². The van der Waals surface area contributed by atoms with Crippen LogP contribution in [0.2, 0.25) is 0 Å². The monoisotopic (exact) mass is 275 g/mol. The zero-order valence-corrected chi connectivity index (χ0v) is 13.4. The third kappa shape index (κ3) is 4.05. The molecule has 2 atom stereocenters. The molecule has 1 aliphatic rings. The van der Waals surface area contributed by atoms with E-state index < -0.39 is 0 Å². The van der Waals surface area contributed by atoms with Gasteiger partial charge >= 0.3 is 0 Å².